The van der Waals surface area contributed by atoms with E-state index in [0.717, 1.165) is 37.4 Å². The molecule has 4 rings (SSSR count). The highest BCUT2D eigenvalue weighted by molar-refractivity contribution is 5.97. The minimum atomic E-state index is -0.617. The summed E-state index contributed by atoms with van der Waals surface area (Å²) in [6.45, 7) is 6.97. The van der Waals surface area contributed by atoms with Gasteiger partial charge in [-0.05, 0) is 38.8 Å². The molecule has 0 radical (unpaired) electrons. The van der Waals surface area contributed by atoms with Crippen molar-refractivity contribution in [2.45, 2.75) is 32.7 Å². The molecule has 2 fully saturated rings. The molecule has 1 saturated heterocycles. The molecule has 1 aliphatic carbocycles. The highest BCUT2D eigenvalue weighted by Crippen LogP contribution is 2.39. The number of hydrogen-bond acceptors (Lipinski definition) is 9. The van der Waals surface area contributed by atoms with Gasteiger partial charge in [0.15, 0.2) is 6.61 Å². The van der Waals surface area contributed by atoms with E-state index in [0.29, 0.717) is 49.7 Å². The number of nitrogens with zero attached hydrogens (tertiary/aromatic N) is 2. The molecule has 0 atom stereocenters. The van der Waals surface area contributed by atoms with Gasteiger partial charge in [0.2, 0.25) is 0 Å². The number of morpholine rings is 1. The van der Waals surface area contributed by atoms with E-state index < -0.39 is 18.5 Å². The Morgan fingerprint density at radius 1 is 1.09 bits per heavy atom. The predicted molar refractivity (Wildman–Crippen MR) is 132 cm³/mol. The largest absolute Gasteiger partial charge is 0.492 e. The number of amides is 1. The molecule has 0 bridgehead atoms. The highest BCUT2D eigenvalue weighted by Gasteiger charge is 2.22. The number of nitrogens with one attached hydrogen (secondary N) is 2. The van der Waals surface area contributed by atoms with E-state index in [1.54, 1.807) is 18.2 Å². The second kappa shape index (κ2) is 11.7. The summed E-state index contributed by atoms with van der Waals surface area (Å²) in [4.78, 5) is 31.4. The number of benzene rings is 1. The zero-order valence-corrected chi connectivity index (χ0v) is 20.2. The van der Waals surface area contributed by atoms with E-state index in [1.165, 1.54) is 6.20 Å². The molecule has 35 heavy (non-hydrogen) atoms. The van der Waals surface area contributed by atoms with Gasteiger partial charge in [0.05, 0.1) is 43.4 Å². The van der Waals surface area contributed by atoms with Crippen molar-refractivity contribution in [3.05, 3.63) is 36.0 Å². The number of anilines is 3. The van der Waals surface area contributed by atoms with Crippen molar-refractivity contribution < 1.29 is 28.5 Å². The SMILES string of the molecule is CCOc1cc(N2CCOCC2)c(OCC)cc1NC(=O)COC(=O)c1ccc(NC2CC2)nc1. The Balaban J connectivity index is 1.40. The third-order valence-corrected chi connectivity index (χ3v) is 5.55. The van der Waals surface area contributed by atoms with Crippen LogP contribution in [-0.4, -0.2) is 69.0 Å². The van der Waals surface area contributed by atoms with Crippen molar-refractivity contribution in [3.8, 4) is 11.5 Å². The molecule has 1 aromatic carbocycles. The smallest absolute Gasteiger partial charge is 0.340 e. The van der Waals surface area contributed by atoms with Crippen molar-refractivity contribution in [2.24, 2.45) is 0 Å². The van der Waals surface area contributed by atoms with Gasteiger partial charge in [-0.3, -0.25) is 4.79 Å². The van der Waals surface area contributed by atoms with Crippen molar-refractivity contribution in [2.75, 3.05) is 61.7 Å². The van der Waals surface area contributed by atoms with Crippen LogP contribution in [0, 0.1) is 0 Å². The Labute approximate surface area is 204 Å². The second-order valence-electron chi connectivity index (χ2n) is 8.26. The minimum Gasteiger partial charge on any atom is -0.492 e. The van der Waals surface area contributed by atoms with Gasteiger partial charge < -0.3 is 34.5 Å². The van der Waals surface area contributed by atoms with Crippen LogP contribution in [0.25, 0.3) is 0 Å². The molecular formula is C25H32N4O6. The van der Waals surface area contributed by atoms with E-state index in [9.17, 15) is 9.59 Å². The number of carbonyl (C=O) groups excluding carboxylic acids is 2. The van der Waals surface area contributed by atoms with Crippen molar-refractivity contribution in [3.63, 3.8) is 0 Å². The normalized spacial score (nSPS) is 15.3. The fourth-order valence-corrected chi connectivity index (χ4v) is 3.68. The Bertz CT molecular complexity index is 1020. The van der Waals surface area contributed by atoms with Gasteiger partial charge in [-0.2, -0.15) is 0 Å². The van der Waals surface area contributed by atoms with Gasteiger partial charge in [0, 0.05) is 37.5 Å². The van der Waals surface area contributed by atoms with Crippen LogP contribution in [0.4, 0.5) is 17.2 Å². The Hall–Kier alpha value is -3.53. The lowest BCUT2D eigenvalue weighted by Crippen LogP contribution is -2.36. The lowest BCUT2D eigenvalue weighted by atomic mass is 10.2. The maximum absolute atomic E-state index is 12.6. The first kappa shape index (κ1) is 24.6. The first-order valence-corrected chi connectivity index (χ1v) is 12.0. The molecule has 10 heteroatoms. The van der Waals surface area contributed by atoms with Crippen molar-refractivity contribution >= 4 is 29.1 Å². The van der Waals surface area contributed by atoms with E-state index in [-0.39, 0.29) is 5.56 Å². The van der Waals surface area contributed by atoms with Crippen LogP contribution in [0.5, 0.6) is 11.5 Å². The van der Waals surface area contributed by atoms with Gasteiger partial charge >= 0.3 is 5.97 Å². The summed E-state index contributed by atoms with van der Waals surface area (Å²) in [5.74, 6) is 0.765. The zero-order chi connectivity index (χ0) is 24.6. The van der Waals surface area contributed by atoms with Crippen LogP contribution in [0.3, 0.4) is 0 Å². The standard InChI is InChI=1S/C25H32N4O6/c1-3-33-21-14-20(29-9-11-32-12-10-29)22(34-4-2)13-19(21)28-24(30)16-35-25(31)17-5-8-23(26-15-17)27-18-6-7-18/h5,8,13-15,18H,3-4,6-7,9-12,16H2,1-2H3,(H,26,27)(H,28,30). The van der Waals surface area contributed by atoms with Crippen molar-refractivity contribution in [1.82, 2.24) is 4.98 Å². The van der Waals surface area contributed by atoms with Gasteiger partial charge in [-0.25, -0.2) is 9.78 Å². The lowest BCUT2D eigenvalue weighted by molar-refractivity contribution is -0.119. The van der Waals surface area contributed by atoms with E-state index in [2.05, 4.69) is 20.5 Å². The minimum absolute atomic E-state index is 0.280. The fourth-order valence-electron chi connectivity index (χ4n) is 3.68. The number of pyridine rings is 1. The molecule has 2 N–H and O–H groups in total. The van der Waals surface area contributed by atoms with Crippen LogP contribution in [0.15, 0.2) is 30.5 Å². The Morgan fingerprint density at radius 3 is 2.49 bits per heavy atom. The summed E-state index contributed by atoms with van der Waals surface area (Å²) in [6, 6.07) is 7.44. The van der Waals surface area contributed by atoms with Gasteiger partial charge in [-0.15, -0.1) is 0 Å². The number of rotatable bonds is 11. The number of ether oxygens (including phenoxy) is 4. The average molecular weight is 485 g/mol. The molecule has 2 aromatic rings. The fraction of sp³-hybridized carbons (Fsp3) is 0.480. The molecule has 0 spiro atoms. The summed E-state index contributed by atoms with van der Waals surface area (Å²) in [7, 11) is 0. The van der Waals surface area contributed by atoms with Crippen LogP contribution in [0.2, 0.25) is 0 Å². The first-order valence-electron chi connectivity index (χ1n) is 12.0. The van der Waals surface area contributed by atoms with Gasteiger partial charge in [0.25, 0.3) is 5.91 Å². The van der Waals surface area contributed by atoms with Crippen LogP contribution >= 0.6 is 0 Å². The maximum atomic E-state index is 12.6. The molecule has 1 aliphatic heterocycles. The first-order chi connectivity index (χ1) is 17.1. The summed E-state index contributed by atoms with van der Waals surface area (Å²) in [5.41, 5.74) is 1.61. The quantitative estimate of drug-likeness (QED) is 0.465. The monoisotopic (exact) mass is 484 g/mol. The topological polar surface area (TPSA) is 111 Å². The number of aromatic nitrogens is 1. The number of hydrogen-bond donors (Lipinski definition) is 2. The molecule has 0 unspecified atom stereocenters. The molecule has 188 valence electrons. The maximum Gasteiger partial charge on any atom is 0.340 e. The van der Waals surface area contributed by atoms with E-state index in [4.69, 9.17) is 18.9 Å². The van der Waals surface area contributed by atoms with Gasteiger partial charge in [-0.1, -0.05) is 0 Å². The Kier molecular flexibility index (Phi) is 8.25. The van der Waals surface area contributed by atoms with Crippen molar-refractivity contribution in [1.29, 1.82) is 0 Å². The Morgan fingerprint density at radius 2 is 1.83 bits per heavy atom. The molecule has 1 amide bonds. The van der Waals surface area contributed by atoms with Crippen LogP contribution in [-0.2, 0) is 14.3 Å². The zero-order valence-electron chi connectivity index (χ0n) is 20.2. The third-order valence-electron chi connectivity index (χ3n) is 5.55. The molecule has 1 aromatic heterocycles. The number of carbonyl (C=O) groups is 2. The third kappa shape index (κ3) is 6.75. The molecule has 2 aliphatic rings. The predicted octanol–water partition coefficient (Wildman–Crippen LogP) is 3.09. The molecule has 1 saturated carbocycles. The second-order valence-corrected chi connectivity index (χ2v) is 8.26. The van der Waals surface area contributed by atoms with Crippen LogP contribution in [0.1, 0.15) is 37.0 Å². The number of esters is 1. The summed E-state index contributed by atoms with van der Waals surface area (Å²) in [5, 5.41) is 6.03. The van der Waals surface area contributed by atoms with E-state index >= 15 is 0 Å². The molecular weight excluding hydrogens is 452 g/mol. The summed E-state index contributed by atoms with van der Waals surface area (Å²) < 4.78 is 22.3. The van der Waals surface area contributed by atoms with E-state index in [1.807, 2.05) is 19.9 Å². The summed E-state index contributed by atoms with van der Waals surface area (Å²) in [6.07, 6.45) is 3.71. The van der Waals surface area contributed by atoms with Gasteiger partial charge in [0.1, 0.15) is 17.3 Å². The summed E-state index contributed by atoms with van der Waals surface area (Å²) >= 11 is 0. The molecule has 2 heterocycles. The van der Waals surface area contributed by atoms with Crippen LogP contribution < -0.4 is 25.0 Å². The molecule has 10 nitrogen and oxygen atoms in total. The highest BCUT2D eigenvalue weighted by atomic mass is 16.5. The lowest BCUT2D eigenvalue weighted by Gasteiger charge is -2.31. The average Bonchev–Trinajstić information content (AvgIpc) is 3.69.